The number of rotatable bonds is 5. The average molecular weight is 388 g/mol. The maximum atomic E-state index is 13.1. The van der Waals surface area contributed by atoms with Gasteiger partial charge in [-0.3, -0.25) is 9.78 Å². The molecule has 0 bridgehead atoms. The molecule has 5 nitrogen and oxygen atoms in total. The first-order chi connectivity index (χ1) is 14.0. The molecule has 4 aromatic rings. The van der Waals surface area contributed by atoms with Gasteiger partial charge in [-0.25, -0.2) is 0 Å². The molecule has 0 unspecified atom stereocenters. The van der Waals surface area contributed by atoms with Gasteiger partial charge in [0.2, 0.25) is 0 Å². The lowest BCUT2D eigenvalue weighted by Crippen LogP contribution is -2.17. The van der Waals surface area contributed by atoms with Crippen molar-refractivity contribution >= 4 is 21.7 Å². The van der Waals surface area contributed by atoms with Crippen LogP contribution in [0.15, 0.2) is 53.5 Å². The molecule has 0 saturated heterocycles. The van der Waals surface area contributed by atoms with Crippen LogP contribution in [0.4, 0.5) is 0 Å². The molecule has 0 radical (unpaired) electrons. The number of benzene rings is 2. The molecular weight excluding hydrogens is 364 g/mol. The molecule has 2 aromatic carbocycles. The summed E-state index contributed by atoms with van der Waals surface area (Å²) < 4.78 is 11.2. The van der Waals surface area contributed by atoms with Crippen LogP contribution in [0.2, 0.25) is 0 Å². The zero-order valence-corrected chi connectivity index (χ0v) is 17.1. The van der Waals surface area contributed by atoms with E-state index in [2.05, 4.69) is 29.9 Å². The Bertz CT molecular complexity index is 1260. The number of hydrogen-bond donors (Lipinski definition) is 1. The fourth-order valence-corrected chi connectivity index (χ4v) is 3.87. The second-order valence-corrected chi connectivity index (χ2v) is 7.44. The van der Waals surface area contributed by atoms with Crippen LogP contribution in [0.25, 0.3) is 21.7 Å². The first-order valence-electron chi connectivity index (χ1n) is 9.67. The molecule has 29 heavy (non-hydrogen) atoms. The number of nitrogens with one attached hydrogen (secondary N) is 1. The zero-order valence-electron chi connectivity index (χ0n) is 17.1. The summed E-state index contributed by atoms with van der Waals surface area (Å²) in [4.78, 5) is 20.8. The lowest BCUT2D eigenvalue weighted by Gasteiger charge is -2.18. The standard InChI is InChI=1S/C24H24N2O3/c1-14(2)22-17-9-10-20(28-3)23(29-4)21(17)18(24(27)26-22)12-15-11-16-7-5-6-8-19(16)25-13-15/h5-11,13-14H,12H2,1-4H3,(H,26,27). The summed E-state index contributed by atoms with van der Waals surface area (Å²) in [7, 11) is 3.21. The maximum Gasteiger partial charge on any atom is 0.252 e. The zero-order chi connectivity index (χ0) is 20.5. The summed E-state index contributed by atoms with van der Waals surface area (Å²) in [5.41, 5.74) is 3.34. The summed E-state index contributed by atoms with van der Waals surface area (Å²) in [6.07, 6.45) is 2.28. The van der Waals surface area contributed by atoms with Gasteiger partial charge in [0, 0.05) is 40.0 Å². The Balaban J connectivity index is 1.98. The van der Waals surface area contributed by atoms with Crippen molar-refractivity contribution in [3.8, 4) is 11.5 Å². The molecule has 5 heteroatoms. The van der Waals surface area contributed by atoms with Gasteiger partial charge in [-0.05, 0) is 35.7 Å². The number of ether oxygens (including phenoxy) is 2. The lowest BCUT2D eigenvalue weighted by atomic mass is 9.95. The van der Waals surface area contributed by atoms with E-state index in [1.165, 1.54) is 0 Å². The molecule has 0 atom stereocenters. The van der Waals surface area contributed by atoms with E-state index in [1.54, 1.807) is 14.2 Å². The van der Waals surface area contributed by atoms with Crippen molar-refractivity contribution in [1.29, 1.82) is 0 Å². The Morgan fingerprint density at radius 3 is 2.59 bits per heavy atom. The highest BCUT2D eigenvalue weighted by Gasteiger charge is 2.20. The number of aromatic nitrogens is 2. The molecule has 0 amide bonds. The number of fused-ring (bicyclic) bond motifs is 2. The second kappa shape index (κ2) is 7.59. The maximum absolute atomic E-state index is 13.1. The van der Waals surface area contributed by atoms with Crippen LogP contribution in [-0.2, 0) is 6.42 Å². The molecule has 0 aliphatic rings. The smallest absolute Gasteiger partial charge is 0.252 e. The van der Waals surface area contributed by atoms with Crippen LogP contribution in [-0.4, -0.2) is 24.2 Å². The Hall–Kier alpha value is -3.34. The van der Waals surface area contributed by atoms with E-state index in [4.69, 9.17) is 9.47 Å². The number of H-pyrrole nitrogens is 1. The molecular formula is C24H24N2O3. The van der Waals surface area contributed by atoms with Crippen molar-refractivity contribution in [1.82, 2.24) is 9.97 Å². The number of aromatic amines is 1. The van der Waals surface area contributed by atoms with Gasteiger partial charge < -0.3 is 14.5 Å². The number of hydrogen-bond acceptors (Lipinski definition) is 4. The third-order valence-corrected chi connectivity index (χ3v) is 5.27. The van der Waals surface area contributed by atoms with E-state index in [1.807, 2.05) is 42.6 Å². The SMILES string of the molecule is COc1ccc2c(C(C)C)[nH]c(=O)c(Cc3cnc4ccccc4c3)c2c1OC. The number of pyridine rings is 2. The number of nitrogens with zero attached hydrogens (tertiary/aromatic N) is 1. The van der Waals surface area contributed by atoms with Crippen molar-refractivity contribution in [2.75, 3.05) is 14.2 Å². The topological polar surface area (TPSA) is 64.2 Å². The van der Waals surface area contributed by atoms with Crippen LogP contribution < -0.4 is 15.0 Å². The van der Waals surface area contributed by atoms with E-state index in [0.29, 0.717) is 23.5 Å². The third kappa shape index (κ3) is 3.33. The summed E-state index contributed by atoms with van der Waals surface area (Å²) in [5.74, 6) is 1.36. The number of para-hydroxylation sites is 1. The Morgan fingerprint density at radius 2 is 1.86 bits per heavy atom. The van der Waals surface area contributed by atoms with Crippen molar-refractivity contribution in [2.45, 2.75) is 26.2 Å². The third-order valence-electron chi connectivity index (χ3n) is 5.27. The molecule has 0 aliphatic heterocycles. The summed E-state index contributed by atoms with van der Waals surface area (Å²) in [6, 6.07) is 13.9. The Kier molecular flexibility index (Phi) is 4.97. The minimum absolute atomic E-state index is 0.110. The van der Waals surface area contributed by atoms with E-state index in [9.17, 15) is 4.79 Å². The van der Waals surface area contributed by atoms with Gasteiger partial charge in [0.05, 0.1) is 19.7 Å². The summed E-state index contributed by atoms with van der Waals surface area (Å²) in [6.45, 7) is 4.13. The van der Waals surface area contributed by atoms with E-state index < -0.39 is 0 Å². The van der Waals surface area contributed by atoms with Gasteiger partial charge in [0.1, 0.15) is 0 Å². The Labute approximate surface area is 169 Å². The van der Waals surface area contributed by atoms with Crippen molar-refractivity contribution in [3.05, 3.63) is 75.8 Å². The highest BCUT2D eigenvalue weighted by Crippen LogP contribution is 2.39. The van der Waals surface area contributed by atoms with Gasteiger partial charge in [-0.15, -0.1) is 0 Å². The first kappa shape index (κ1) is 19.0. The van der Waals surface area contributed by atoms with Gasteiger partial charge >= 0.3 is 0 Å². The van der Waals surface area contributed by atoms with Crippen LogP contribution in [0.5, 0.6) is 11.5 Å². The van der Waals surface area contributed by atoms with Crippen molar-refractivity contribution in [3.63, 3.8) is 0 Å². The van der Waals surface area contributed by atoms with Gasteiger partial charge in [0.15, 0.2) is 11.5 Å². The molecule has 1 N–H and O–H groups in total. The molecule has 0 spiro atoms. The average Bonchev–Trinajstić information content (AvgIpc) is 2.74. The molecule has 0 aliphatic carbocycles. The highest BCUT2D eigenvalue weighted by molar-refractivity contribution is 5.95. The van der Waals surface area contributed by atoms with E-state index in [-0.39, 0.29) is 11.5 Å². The van der Waals surface area contributed by atoms with Gasteiger partial charge in [0.25, 0.3) is 5.56 Å². The van der Waals surface area contributed by atoms with E-state index in [0.717, 1.165) is 32.9 Å². The summed E-state index contributed by atoms with van der Waals surface area (Å²) in [5, 5.41) is 2.82. The predicted molar refractivity (Wildman–Crippen MR) is 116 cm³/mol. The van der Waals surface area contributed by atoms with Gasteiger partial charge in [-0.2, -0.15) is 0 Å². The largest absolute Gasteiger partial charge is 0.493 e. The van der Waals surface area contributed by atoms with Crippen LogP contribution in [0.3, 0.4) is 0 Å². The number of methoxy groups -OCH3 is 2. The predicted octanol–water partition coefficient (Wildman–Crippen LogP) is 4.81. The van der Waals surface area contributed by atoms with E-state index >= 15 is 0 Å². The lowest BCUT2D eigenvalue weighted by molar-refractivity contribution is 0.358. The molecule has 2 aromatic heterocycles. The fourth-order valence-electron chi connectivity index (χ4n) is 3.87. The fraction of sp³-hybridized carbons (Fsp3) is 0.250. The first-order valence-corrected chi connectivity index (χ1v) is 9.67. The highest BCUT2D eigenvalue weighted by atomic mass is 16.5. The summed E-state index contributed by atoms with van der Waals surface area (Å²) >= 11 is 0. The quantitative estimate of drug-likeness (QED) is 0.533. The monoisotopic (exact) mass is 388 g/mol. The minimum Gasteiger partial charge on any atom is -0.493 e. The van der Waals surface area contributed by atoms with Gasteiger partial charge in [-0.1, -0.05) is 32.0 Å². The van der Waals surface area contributed by atoms with Crippen LogP contribution in [0.1, 0.15) is 36.6 Å². The Morgan fingerprint density at radius 1 is 1.07 bits per heavy atom. The second-order valence-electron chi connectivity index (χ2n) is 7.44. The molecule has 0 fully saturated rings. The molecule has 148 valence electrons. The molecule has 0 saturated carbocycles. The molecule has 4 rings (SSSR count). The normalized spacial score (nSPS) is 11.3. The van der Waals surface area contributed by atoms with Crippen LogP contribution in [0, 0.1) is 0 Å². The van der Waals surface area contributed by atoms with Crippen molar-refractivity contribution in [2.24, 2.45) is 0 Å². The van der Waals surface area contributed by atoms with Crippen LogP contribution >= 0.6 is 0 Å². The minimum atomic E-state index is -0.110. The molecule has 2 heterocycles. The van der Waals surface area contributed by atoms with Crippen molar-refractivity contribution < 1.29 is 9.47 Å².